The van der Waals surface area contributed by atoms with Crippen LogP contribution in [-0.4, -0.2) is 18.3 Å². The Balaban J connectivity index is 1.79. The predicted octanol–water partition coefficient (Wildman–Crippen LogP) is 3.34. The Labute approximate surface area is 114 Å². The van der Waals surface area contributed by atoms with Gasteiger partial charge in [-0.2, -0.15) is 0 Å². The van der Waals surface area contributed by atoms with Crippen LogP contribution in [0.1, 0.15) is 10.4 Å². The SMILES string of the molecule is [NH]C(=O)c1cccc(OCCSc2cccs2)c1. The molecule has 0 saturated carbocycles. The fourth-order valence-electron chi connectivity index (χ4n) is 1.37. The van der Waals surface area contributed by atoms with Crippen LogP contribution in [0.5, 0.6) is 5.75 Å². The lowest BCUT2D eigenvalue weighted by Gasteiger charge is -2.06. The van der Waals surface area contributed by atoms with Gasteiger partial charge in [-0.15, -0.1) is 23.1 Å². The Morgan fingerprint density at radius 2 is 2.22 bits per heavy atom. The zero-order valence-electron chi connectivity index (χ0n) is 9.59. The van der Waals surface area contributed by atoms with Crippen molar-refractivity contribution in [2.75, 3.05) is 12.4 Å². The van der Waals surface area contributed by atoms with Crippen LogP contribution in [0.2, 0.25) is 0 Å². The minimum Gasteiger partial charge on any atom is -0.493 e. The number of benzene rings is 1. The summed E-state index contributed by atoms with van der Waals surface area (Å²) in [4.78, 5) is 10.9. The van der Waals surface area contributed by atoms with E-state index in [0.717, 1.165) is 5.75 Å². The van der Waals surface area contributed by atoms with Crippen LogP contribution in [0.3, 0.4) is 0 Å². The number of thioether (sulfide) groups is 1. The average molecular weight is 278 g/mol. The third-order valence-electron chi connectivity index (χ3n) is 2.19. The molecule has 1 aromatic heterocycles. The van der Waals surface area contributed by atoms with Crippen LogP contribution in [0.15, 0.2) is 46.0 Å². The lowest BCUT2D eigenvalue weighted by Crippen LogP contribution is -2.02. The maximum Gasteiger partial charge on any atom is 0.269 e. The Morgan fingerprint density at radius 1 is 1.33 bits per heavy atom. The smallest absolute Gasteiger partial charge is 0.269 e. The van der Waals surface area contributed by atoms with Crippen LogP contribution in [0.25, 0.3) is 0 Å². The summed E-state index contributed by atoms with van der Waals surface area (Å²) < 4.78 is 6.82. The largest absolute Gasteiger partial charge is 0.493 e. The molecule has 93 valence electrons. The molecule has 5 heteroatoms. The Kier molecular flexibility index (Phi) is 4.66. The van der Waals surface area contributed by atoms with Gasteiger partial charge in [0.2, 0.25) is 0 Å². The Morgan fingerprint density at radius 3 is 2.94 bits per heavy atom. The molecular formula is C13H12NO2S2. The van der Waals surface area contributed by atoms with Gasteiger partial charge in [0.15, 0.2) is 0 Å². The second-order valence-electron chi connectivity index (χ2n) is 3.49. The van der Waals surface area contributed by atoms with E-state index in [0.29, 0.717) is 17.9 Å². The van der Waals surface area contributed by atoms with Gasteiger partial charge in [0.25, 0.3) is 5.91 Å². The van der Waals surface area contributed by atoms with Gasteiger partial charge in [-0.3, -0.25) is 10.5 Å². The van der Waals surface area contributed by atoms with Crippen molar-refractivity contribution in [1.29, 1.82) is 0 Å². The molecule has 0 fully saturated rings. The van der Waals surface area contributed by atoms with Gasteiger partial charge in [-0.25, -0.2) is 0 Å². The van der Waals surface area contributed by atoms with Crippen molar-refractivity contribution in [3.8, 4) is 5.75 Å². The van der Waals surface area contributed by atoms with E-state index < -0.39 is 5.91 Å². The number of carbonyl (C=O) groups excluding carboxylic acids is 1. The molecule has 2 aromatic rings. The van der Waals surface area contributed by atoms with Crippen LogP contribution < -0.4 is 10.5 Å². The first-order valence-corrected chi connectivity index (χ1v) is 7.27. The highest BCUT2D eigenvalue weighted by molar-refractivity contribution is 8.01. The number of hydrogen-bond donors (Lipinski definition) is 0. The molecule has 1 radical (unpaired) electrons. The minimum atomic E-state index is -0.687. The summed E-state index contributed by atoms with van der Waals surface area (Å²) in [6, 6.07) is 10.8. The first-order valence-electron chi connectivity index (χ1n) is 5.41. The zero-order chi connectivity index (χ0) is 12.8. The number of nitrogens with one attached hydrogen (secondary N) is 1. The van der Waals surface area contributed by atoms with E-state index in [1.165, 1.54) is 4.21 Å². The van der Waals surface area contributed by atoms with E-state index in [9.17, 15) is 4.79 Å². The highest BCUT2D eigenvalue weighted by Gasteiger charge is 2.02. The van der Waals surface area contributed by atoms with Gasteiger partial charge in [0.05, 0.1) is 10.8 Å². The Bertz CT molecular complexity index is 511. The summed E-state index contributed by atoms with van der Waals surface area (Å²) in [5.74, 6) is 0.813. The molecule has 18 heavy (non-hydrogen) atoms. The zero-order valence-corrected chi connectivity index (χ0v) is 11.2. The Hall–Kier alpha value is -1.46. The molecule has 0 spiro atoms. The van der Waals surface area contributed by atoms with Crippen LogP contribution >= 0.6 is 23.1 Å². The van der Waals surface area contributed by atoms with Crippen molar-refractivity contribution in [3.63, 3.8) is 0 Å². The van der Waals surface area contributed by atoms with Gasteiger partial charge >= 0.3 is 0 Å². The highest BCUT2D eigenvalue weighted by Crippen LogP contribution is 2.23. The van der Waals surface area contributed by atoms with Gasteiger partial charge in [0.1, 0.15) is 5.75 Å². The number of thiophene rings is 1. The van der Waals surface area contributed by atoms with Gasteiger partial charge in [-0.1, -0.05) is 12.1 Å². The quantitative estimate of drug-likeness (QED) is 0.601. The second-order valence-corrected chi connectivity index (χ2v) is 5.83. The van der Waals surface area contributed by atoms with Crippen molar-refractivity contribution in [3.05, 3.63) is 47.3 Å². The summed E-state index contributed by atoms with van der Waals surface area (Å²) in [6.07, 6.45) is 0. The number of carbonyl (C=O) groups is 1. The third-order valence-corrected chi connectivity index (χ3v) is 4.28. The van der Waals surface area contributed by atoms with Gasteiger partial charge in [0, 0.05) is 11.3 Å². The second kappa shape index (κ2) is 6.47. The maximum absolute atomic E-state index is 10.9. The van der Waals surface area contributed by atoms with E-state index in [2.05, 4.69) is 6.07 Å². The summed E-state index contributed by atoms with van der Waals surface area (Å²) in [5, 5.41) is 2.05. The molecule has 0 atom stereocenters. The van der Waals surface area contributed by atoms with Gasteiger partial charge < -0.3 is 4.74 Å². The number of ether oxygens (including phenoxy) is 1. The van der Waals surface area contributed by atoms with Crippen molar-refractivity contribution < 1.29 is 9.53 Å². The molecule has 0 aliphatic heterocycles. The van der Waals surface area contributed by atoms with E-state index in [-0.39, 0.29) is 0 Å². The van der Waals surface area contributed by atoms with Crippen molar-refractivity contribution in [1.82, 2.24) is 5.73 Å². The molecule has 1 heterocycles. The molecule has 3 nitrogen and oxygen atoms in total. The normalized spacial score (nSPS) is 10.2. The number of amides is 1. The average Bonchev–Trinajstić information content (AvgIpc) is 2.88. The lowest BCUT2D eigenvalue weighted by molar-refractivity contribution is 0.0991. The molecular weight excluding hydrogens is 266 g/mol. The van der Waals surface area contributed by atoms with E-state index in [1.54, 1.807) is 47.4 Å². The summed E-state index contributed by atoms with van der Waals surface area (Å²) in [6.45, 7) is 0.582. The topological polar surface area (TPSA) is 50.1 Å². The van der Waals surface area contributed by atoms with E-state index in [1.807, 2.05) is 11.4 Å². The molecule has 2 rings (SSSR count). The molecule has 1 N–H and O–H groups in total. The number of hydrogen-bond acceptors (Lipinski definition) is 4. The molecule has 1 amide bonds. The molecule has 0 bridgehead atoms. The molecule has 0 saturated heterocycles. The van der Waals surface area contributed by atoms with Crippen LogP contribution in [0, 0.1) is 0 Å². The van der Waals surface area contributed by atoms with Crippen molar-refractivity contribution >= 4 is 29.0 Å². The molecule has 1 aromatic carbocycles. The van der Waals surface area contributed by atoms with Crippen LogP contribution in [-0.2, 0) is 0 Å². The summed E-state index contributed by atoms with van der Waals surface area (Å²) in [5.41, 5.74) is 7.39. The van der Waals surface area contributed by atoms with E-state index >= 15 is 0 Å². The number of rotatable bonds is 6. The monoisotopic (exact) mass is 278 g/mol. The van der Waals surface area contributed by atoms with E-state index in [4.69, 9.17) is 10.5 Å². The first-order chi connectivity index (χ1) is 8.75. The third kappa shape index (κ3) is 3.78. The molecule has 0 aliphatic carbocycles. The highest BCUT2D eigenvalue weighted by atomic mass is 32.2. The first kappa shape index (κ1) is 13.0. The standard InChI is InChI=1S/C13H12NO2S2/c14-13(15)10-3-1-4-11(9-10)16-6-8-18-12-5-2-7-17-12/h1-5,7,9,14H,6,8H2. The molecule has 0 aliphatic rings. The summed E-state index contributed by atoms with van der Waals surface area (Å²) in [7, 11) is 0. The minimum absolute atomic E-state index is 0.360. The maximum atomic E-state index is 10.9. The fourth-order valence-corrected chi connectivity index (χ4v) is 3.05. The van der Waals surface area contributed by atoms with Crippen molar-refractivity contribution in [2.45, 2.75) is 4.21 Å². The lowest BCUT2D eigenvalue weighted by atomic mass is 10.2. The van der Waals surface area contributed by atoms with Gasteiger partial charge in [-0.05, 0) is 29.6 Å². The van der Waals surface area contributed by atoms with Crippen molar-refractivity contribution in [2.24, 2.45) is 0 Å². The predicted molar refractivity (Wildman–Crippen MR) is 74.4 cm³/mol. The molecule has 0 unspecified atom stereocenters. The van der Waals surface area contributed by atoms with Crippen LogP contribution in [0.4, 0.5) is 0 Å². The fraction of sp³-hybridized carbons (Fsp3) is 0.154. The summed E-state index contributed by atoms with van der Waals surface area (Å²) >= 11 is 3.46.